The summed E-state index contributed by atoms with van der Waals surface area (Å²) in [5.41, 5.74) is 2.56. The van der Waals surface area contributed by atoms with Crippen LogP contribution >= 0.6 is 0 Å². The Hall–Kier alpha value is -1.90. The number of aliphatic hydroxyl groups excluding tert-OH is 1. The van der Waals surface area contributed by atoms with Crippen LogP contribution in [-0.2, 0) is 19.0 Å². The lowest BCUT2D eigenvalue weighted by Crippen LogP contribution is -2.41. The summed E-state index contributed by atoms with van der Waals surface area (Å²) in [5.74, 6) is -3.21. The van der Waals surface area contributed by atoms with Crippen LogP contribution in [0, 0.1) is 18.3 Å². The Kier molecular flexibility index (Phi) is 17.2. The van der Waals surface area contributed by atoms with Crippen molar-refractivity contribution in [3.8, 4) is 0 Å². The Bertz CT molecular complexity index is 956. The molecule has 0 bridgehead atoms. The largest absolute Gasteiger partial charge is 0.460 e. The molecule has 0 saturated heterocycles. The molecule has 8 heteroatoms. The van der Waals surface area contributed by atoms with E-state index in [1.54, 1.807) is 27.0 Å². The number of aryl methyl sites for hydroxylation is 1. The average Bonchev–Trinajstić information content (AvgIpc) is 2.82. The molecule has 1 rings (SSSR count). The minimum atomic E-state index is -1.90. The molecule has 0 spiro atoms. The number of aromatic nitrogens is 2. The van der Waals surface area contributed by atoms with Gasteiger partial charge in [0.25, 0.3) is 0 Å². The first-order valence-electron chi connectivity index (χ1n) is 15.5. The third kappa shape index (κ3) is 17.3. The highest BCUT2D eigenvalue weighted by atomic mass is 19.2. The van der Waals surface area contributed by atoms with Gasteiger partial charge in [0.1, 0.15) is 11.5 Å². The number of nitrogens with zero attached hydrogens (tertiary/aromatic N) is 2. The van der Waals surface area contributed by atoms with Gasteiger partial charge in [0.05, 0.1) is 48.2 Å². The van der Waals surface area contributed by atoms with E-state index in [0.29, 0.717) is 25.0 Å². The third-order valence-corrected chi connectivity index (χ3v) is 6.56. The molecule has 42 heavy (non-hydrogen) atoms. The summed E-state index contributed by atoms with van der Waals surface area (Å²) in [5, 5.41) is 10.8. The van der Waals surface area contributed by atoms with Crippen LogP contribution in [0.4, 0.5) is 4.39 Å². The number of hydrogen-bond acceptors (Lipinski definition) is 7. The Morgan fingerprint density at radius 2 is 1.62 bits per heavy atom. The number of aliphatic hydroxyl groups is 1. The number of ether oxygens (including phenoxy) is 3. The molecule has 1 aromatic heterocycles. The second kappa shape index (κ2) is 18.0. The Balaban J connectivity index is 0.00000393. The summed E-state index contributed by atoms with van der Waals surface area (Å²) in [6.07, 6.45) is 6.13. The number of esters is 1. The molecule has 0 aliphatic heterocycles. The average molecular weight is 597 g/mol. The quantitative estimate of drug-likeness (QED) is 0.215. The maximum Gasteiger partial charge on any atom is 0.314 e. The second-order valence-electron chi connectivity index (χ2n) is 13.8. The summed E-state index contributed by atoms with van der Waals surface area (Å²) >= 11 is 0. The topological polar surface area (TPSA) is 90.8 Å². The zero-order valence-corrected chi connectivity index (χ0v) is 29.1. The molecule has 1 heterocycles. The predicted molar refractivity (Wildman–Crippen MR) is 170 cm³/mol. The van der Waals surface area contributed by atoms with Crippen LogP contribution in [0.5, 0.6) is 0 Å². The molecule has 0 aromatic carbocycles. The van der Waals surface area contributed by atoms with Crippen molar-refractivity contribution < 1.29 is 28.5 Å². The molecule has 0 saturated carbocycles. The van der Waals surface area contributed by atoms with Crippen LogP contribution < -0.4 is 0 Å². The molecule has 0 aliphatic rings. The number of halogens is 1. The van der Waals surface area contributed by atoms with E-state index in [0.717, 1.165) is 11.4 Å². The molecule has 3 atom stereocenters. The van der Waals surface area contributed by atoms with E-state index >= 15 is 0 Å². The van der Waals surface area contributed by atoms with Crippen molar-refractivity contribution in [2.75, 3.05) is 6.61 Å². The Morgan fingerprint density at radius 1 is 1.05 bits per heavy atom. The number of unbranched alkanes of at least 4 members (excludes halogenated alkanes) is 1. The van der Waals surface area contributed by atoms with Gasteiger partial charge in [0.2, 0.25) is 5.85 Å². The van der Waals surface area contributed by atoms with Gasteiger partial charge in [0, 0.05) is 0 Å². The van der Waals surface area contributed by atoms with Crippen molar-refractivity contribution >= 4 is 12.0 Å². The molecular weight excluding hydrogens is 535 g/mol. The first-order chi connectivity index (χ1) is 19.1. The smallest absolute Gasteiger partial charge is 0.314 e. The van der Waals surface area contributed by atoms with Crippen LogP contribution in [-0.4, -0.2) is 51.3 Å². The fourth-order valence-electron chi connectivity index (χ4n) is 3.60. The number of carbonyl (C=O) groups excluding carboxylic acids is 1. The summed E-state index contributed by atoms with van der Waals surface area (Å²) in [6, 6.07) is 0. The molecule has 0 aliphatic carbocycles. The molecule has 0 amide bonds. The van der Waals surface area contributed by atoms with Gasteiger partial charge in [-0.2, -0.15) is 0 Å². The van der Waals surface area contributed by atoms with Gasteiger partial charge in [-0.25, -0.2) is 4.39 Å². The molecule has 0 radical (unpaired) electrons. The van der Waals surface area contributed by atoms with Gasteiger partial charge in [-0.1, -0.05) is 53.0 Å². The van der Waals surface area contributed by atoms with Gasteiger partial charge in [-0.15, -0.1) is 0 Å². The SMILES string of the molecule is C/C(=C\c1ncc(C(O)CCCC(OC(C)C)[C@H](COC(C)(C)F)C(=O)OC(C)(C)C)nc1C)C(C)(C)C.CCCC. The van der Waals surface area contributed by atoms with Crippen molar-refractivity contribution in [3.63, 3.8) is 0 Å². The fourth-order valence-corrected chi connectivity index (χ4v) is 3.60. The maximum atomic E-state index is 14.1. The lowest BCUT2D eigenvalue weighted by Gasteiger charge is -2.31. The zero-order valence-electron chi connectivity index (χ0n) is 29.1. The van der Waals surface area contributed by atoms with Crippen molar-refractivity contribution in [3.05, 3.63) is 28.9 Å². The van der Waals surface area contributed by atoms with Crippen molar-refractivity contribution in [1.29, 1.82) is 0 Å². The number of allylic oxidation sites excluding steroid dienone is 1. The van der Waals surface area contributed by atoms with E-state index in [1.807, 2.05) is 26.8 Å². The van der Waals surface area contributed by atoms with Gasteiger partial charge >= 0.3 is 5.97 Å². The maximum absolute atomic E-state index is 14.1. The van der Waals surface area contributed by atoms with Crippen molar-refractivity contribution in [2.24, 2.45) is 11.3 Å². The molecule has 1 aromatic rings. The highest BCUT2D eigenvalue weighted by molar-refractivity contribution is 5.73. The molecule has 0 fully saturated rings. The van der Waals surface area contributed by atoms with Crippen LogP contribution in [0.15, 0.2) is 11.8 Å². The number of alkyl halides is 1. The molecule has 244 valence electrons. The van der Waals surface area contributed by atoms with Crippen molar-refractivity contribution in [2.45, 2.75) is 159 Å². The van der Waals surface area contributed by atoms with E-state index in [1.165, 1.54) is 32.3 Å². The minimum absolute atomic E-state index is 0.0308. The number of rotatable bonds is 14. The lowest BCUT2D eigenvalue weighted by atomic mass is 9.87. The summed E-state index contributed by atoms with van der Waals surface area (Å²) < 4.78 is 31.2. The van der Waals surface area contributed by atoms with Crippen LogP contribution in [0.1, 0.15) is 145 Å². The third-order valence-electron chi connectivity index (χ3n) is 6.56. The summed E-state index contributed by atoms with van der Waals surface area (Å²) in [4.78, 5) is 22.2. The molecule has 2 unspecified atom stereocenters. The van der Waals surface area contributed by atoms with E-state index in [9.17, 15) is 14.3 Å². The molecule has 7 nitrogen and oxygen atoms in total. The standard InChI is InChI=1S/C30H51FN2O5.C4H10/c1-19(2)37-26(22(18-36-30(11,12)31)27(35)38-29(8,9)10)15-13-14-25(34)24-17-32-23(21(4)33-24)16-20(3)28(5,6)7;1-3-4-2/h16-17,19,22,25-26,34H,13-15,18H2,1-12H3;3-4H2,1-2H3/b20-16+;/t22-,25?,26?;/m0./s1. The predicted octanol–water partition coefficient (Wildman–Crippen LogP) is 8.72. The van der Waals surface area contributed by atoms with E-state index in [4.69, 9.17) is 14.2 Å². The second-order valence-corrected chi connectivity index (χ2v) is 13.8. The zero-order chi connectivity index (χ0) is 32.9. The van der Waals surface area contributed by atoms with E-state index < -0.39 is 35.6 Å². The Labute approximate surface area is 256 Å². The highest BCUT2D eigenvalue weighted by Crippen LogP contribution is 2.28. The number of carbonyl (C=O) groups is 1. The Morgan fingerprint density at radius 3 is 2.05 bits per heavy atom. The van der Waals surface area contributed by atoms with Crippen molar-refractivity contribution in [1.82, 2.24) is 9.97 Å². The van der Waals surface area contributed by atoms with Gasteiger partial charge in [-0.3, -0.25) is 14.8 Å². The van der Waals surface area contributed by atoms with Gasteiger partial charge in [0.15, 0.2) is 0 Å². The number of hydrogen-bond donors (Lipinski definition) is 1. The summed E-state index contributed by atoms with van der Waals surface area (Å²) in [6.45, 7) is 26.3. The van der Waals surface area contributed by atoms with Crippen LogP contribution in [0.3, 0.4) is 0 Å². The first kappa shape index (κ1) is 40.1. The highest BCUT2D eigenvalue weighted by Gasteiger charge is 2.35. The summed E-state index contributed by atoms with van der Waals surface area (Å²) in [7, 11) is 0. The monoisotopic (exact) mass is 596 g/mol. The first-order valence-corrected chi connectivity index (χ1v) is 15.5. The fraction of sp³-hybridized carbons (Fsp3) is 0.794. The van der Waals surface area contributed by atoms with Crippen LogP contribution in [0.25, 0.3) is 6.08 Å². The van der Waals surface area contributed by atoms with E-state index in [2.05, 4.69) is 51.5 Å². The van der Waals surface area contributed by atoms with Gasteiger partial charge < -0.3 is 19.3 Å². The van der Waals surface area contributed by atoms with E-state index in [-0.39, 0.29) is 18.1 Å². The minimum Gasteiger partial charge on any atom is -0.460 e. The van der Waals surface area contributed by atoms with Gasteiger partial charge in [-0.05, 0) is 93.1 Å². The molecule has 1 N–H and O–H groups in total. The molecular formula is C34H61FN2O5. The lowest BCUT2D eigenvalue weighted by molar-refractivity contribution is -0.183. The van der Waals surface area contributed by atoms with Crippen LogP contribution in [0.2, 0.25) is 0 Å². The normalized spacial score (nSPS) is 15.1.